The first-order valence-electron chi connectivity index (χ1n) is 6.13. The summed E-state index contributed by atoms with van der Waals surface area (Å²) in [6, 6.07) is 12.0. The number of hydrogen-bond donors (Lipinski definition) is 1. The second-order valence-electron chi connectivity index (χ2n) is 4.27. The van der Waals surface area contributed by atoms with Gasteiger partial charge in [-0.25, -0.2) is 4.98 Å². The standard InChI is InChI=1S/C15H12BrN3O/c16-12-3-1-11-8-13(4-2-10(11)7-12)20-15-14(9-17)18-5-6-19-15/h1-8H,9,17H2. The minimum Gasteiger partial charge on any atom is -0.437 e. The number of nitrogens with zero attached hydrogens (tertiary/aromatic N) is 2. The Morgan fingerprint density at radius 2 is 1.75 bits per heavy atom. The van der Waals surface area contributed by atoms with E-state index in [4.69, 9.17) is 10.5 Å². The van der Waals surface area contributed by atoms with Crippen LogP contribution in [-0.2, 0) is 6.54 Å². The first kappa shape index (κ1) is 13.0. The van der Waals surface area contributed by atoms with Crippen LogP contribution >= 0.6 is 15.9 Å². The van der Waals surface area contributed by atoms with Crippen molar-refractivity contribution in [2.45, 2.75) is 6.54 Å². The minimum absolute atomic E-state index is 0.295. The van der Waals surface area contributed by atoms with E-state index < -0.39 is 0 Å². The molecule has 0 fully saturated rings. The Labute approximate surface area is 124 Å². The van der Waals surface area contributed by atoms with Gasteiger partial charge in [-0.15, -0.1) is 0 Å². The van der Waals surface area contributed by atoms with Crippen LogP contribution in [0.3, 0.4) is 0 Å². The normalized spacial score (nSPS) is 10.7. The Bertz CT molecular complexity index is 761. The van der Waals surface area contributed by atoms with Crippen molar-refractivity contribution in [2.24, 2.45) is 5.73 Å². The molecule has 0 aliphatic carbocycles. The molecular formula is C15H12BrN3O. The lowest BCUT2D eigenvalue weighted by Crippen LogP contribution is -2.03. The van der Waals surface area contributed by atoms with Crippen LogP contribution in [0, 0.1) is 0 Å². The molecule has 0 radical (unpaired) electrons. The highest BCUT2D eigenvalue weighted by Gasteiger charge is 2.06. The van der Waals surface area contributed by atoms with Gasteiger partial charge in [-0.2, -0.15) is 0 Å². The van der Waals surface area contributed by atoms with Crippen LogP contribution in [0.4, 0.5) is 0 Å². The smallest absolute Gasteiger partial charge is 0.242 e. The van der Waals surface area contributed by atoms with E-state index in [2.05, 4.69) is 32.0 Å². The summed E-state index contributed by atoms with van der Waals surface area (Å²) in [6.45, 7) is 0.295. The van der Waals surface area contributed by atoms with Crippen LogP contribution in [0.25, 0.3) is 10.8 Å². The molecule has 0 aliphatic rings. The first-order valence-corrected chi connectivity index (χ1v) is 6.93. The van der Waals surface area contributed by atoms with E-state index in [0.717, 1.165) is 21.0 Å². The van der Waals surface area contributed by atoms with E-state index in [1.807, 2.05) is 30.3 Å². The Balaban J connectivity index is 1.96. The predicted octanol–water partition coefficient (Wildman–Crippen LogP) is 3.64. The Morgan fingerprint density at radius 3 is 2.60 bits per heavy atom. The summed E-state index contributed by atoms with van der Waals surface area (Å²) >= 11 is 3.46. The van der Waals surface area contributed by atoms with Crippen molar-refractivity contribution >= 4 is 26.7 Å². The van der Waals surface area contributed by atoms with E-state index in [1.54, 1.807) is 12.4 Å². The molecule has 3 aromatic rings. The number of benzene rings is 2. The quantitative estimate of drug-likeness (QED) is 0.796. The molecule has 100 valence electrons. The van der Waals surface area contributed by atoms with E-state index in [-0.39, 0.29) is 0 Å². The number of ether oxygens (including phenoxy) is 1. The lowest BCUT2D eigenvalue weighted by molar-refractivity contribution is 0.453. The third kappa shape index (κ3) is 2.64. The van der Waals surface area contributed by atoms with Gasteiger partial charge >= 0.3 is 0 Å². The summed E-state index contributed by atoms with van der Waals surface area (Å²) in [6.07, 6.45) is 3.19. The highest BCUT2D eigenvalue weighted by atomic mass is 79.9. The number of fused-ring (bicyclic) bond motifs is 1. The lowest BCUT2D eigenvalue weighted by Gasteiger charge is -2.08. The second-order valence-corrected chi connectivity index (χ2v) is 5.18. The van der Waals surface area contributed by atoms with E-state index in [1.165, 1.54) is 0 Å². The third-order valence-corrected chi connectivity index (χ3v) is 3.41. The van der Waals surface area contributed by atoms with Crippen molar-refractivity contribution < 1.29 is 4.74 Å². The minimum atomic E-state index is 0.295. The van der Waals surface area contributed by atoms with Crippen molar-refractivity contribution in [3.05, 3.63) is 59.0 Å². The lowest BCUT2D eigenvalue weighted by atomic mass is 10.1. The molecule has 5 heteroatoms. The van der Waals surface area contributed by atoms with Gasteiger partial charge in [-0.1, -0.05) is 28.1 Å². The van der Waals surface area contributed by atoms with Crippen molar-refractivity contribution in [3.8, 4) is 11.6 Å². The molecule has 0 saturated carbocycles. The van der Waals surface area contributed by atoms with Crippen molar-refractivity contribution in [1.29, 1.82) is 0 Å². The number of hydrogen-bond acceptors (Lipinski definition) is 4. The van der Waals surface area contributed by atoms with Gasteiger partial charge in [0.15, 0.2) is 0 Å². The Kier molecular flexibility index (Phi) is 3.62. The molecule has 20 heavy (non-hydrogen) atoms. The van der Waals surface area contributed by atoms with Gasteiger partial charge in [0, 0.05) is 23.4 Å². The van der Waals surface area contributed by atoms with Gasteiger partial charge in [0.05, 0.1) is 0 Å². The maximum Gasteiger partial charge on any atom is 0.242 e. The Hall–Kier alpha value is -1.98. The highest BCUT2D eigenvalue weighted by Crippen LogP contribution is 2.27. The van der Waals surface area contributed by atoms with Crippen LogP contribution in [0.2, 0.25) is 0 Å². The molecule has 2 aromatic carbocycles. The Morgan fingerprint density at radius 1 is 1.00 bits per heavy atom. The van der Waals surface area contributed by atoms with Gasteiger partial charge < -0.3 is 10.5 Å². The molecule has 0 aliphatic heterocycles. The average molecular weight is 330 g/mol. The van der Waals surface area contributed by atoms with Gasteiger partial charge in [-0.3, -0.25) is 4.98 Å². The fourth-order valence-corrected chi connectivity index (χ4v) is 2.33. The SMILES string of the molecule is NCc1nccnc1Oc1ccc2cc(Br)ccc2c1. The van der Waals surface area contributed by atoms with Crippen LogP contribution in [-0.4, -0.2) is 9.97 Å². The zero-order chi connectivity index (χ0) is 13.9. The topological polar surface area (TPSA) is 61.0 Å². The second kappa shape index (κ2) is 5.56. The van der Waals surface area contributed by atoms with Gasteiger partial charge in [0.25, 0.3) is 0 Å². The molecule has 0 amide bonds. The molecule has 1 aromatic heterocycles. The number of aromatic nitrogens is 2. The monoisotopic (exact) mass is 329 g/mol. The molecule has 0 atom stereocenters. The summed E-state index contributed by atoms with van der Waals surface area (Å²) in [7, 11) is 0. The summed E-state index contributed by atoms with van der Waals surface area (Å²) in [5.74, 6) is 1.17. The van der Waals surface area contributed by atoms with Crippen molar-refractivity contribution in [2.75, 3.05) is 0 Å². The molecule has 0 unspecified atom stereocenters. The van der Waals surface area contributed by atoms with Crippen molar-refractivity contribution in [3.63, 3.8) is 0 Å². The largest absolute Gasteiger partial charge is 0.437 e. The van der Waals surface area contributed by atoms with Gasteiger partial charge in [-0.05, 0) is 35.0 Å². The van der Waals surface area contributed by atoms with Gasteiger partial charge in [0.1, 0.15) is 11.4 Å². The molecule has 2 N–H and O–H groups in total. The third-order valence-electron chi connectivity index (χ3n) is 2.92. The summed E-state index contributed by atoms with van der Waals surface area (Å²) in [4.78, 5) is 8.32. The molecule has 0 bridgehead atoms. The van der Waals surface area contributed by atoms with E-state index in [9.17, 15) is 0 Å². The van der Waals surface area contributed by atoms with E-state index in [0.29, 0.717) is 18.1 Å². The maximum atomic E-state index is 5.77. The van der Waals surface area contributed by atoms with Crippen molar-refractivity contribution in [1.82, 2.24) is 9.97 Å². The van der Waals surface area contributed by atoms with Crippen LogP contribution in [0.1, 0.15) is 5.69 Å². The summed E-state index contributed by atoms with van der Waals surface area (Å²) < 4.78 is 6.83. The molecular weight excluding hydrogens is 318 g/mol. The summed E-state index contributed by atoms with van der Waals surface area (Å²) in [5, 5.41) is 2.24. The first-order chi connectivity index (χ1) is 9.76. The highest BCUT2D eigenvalue weighted by molar-refractivity contribution is 9.10. The zero-order valence-corrected chi connectivity index (χ0v) is 12.2. The fraction of sp³-hybridized carbons (Fsp3) is 0.0667. The van der Waals surface area contributed by atoms with Crippen LogP contribution in [0.15, 0.2) is 53.3 Å². The van der Waals surface area contributed by atoms with Crippen LogP contribution < -0.4 is 10.5 Å². The zero-order valence-electron chi connectivity index (χ0n) is 10.6. The number of rotatable bonds is 3. The molecule has 0 spiro atoms. The number of halogens is 1. The van der Waals surface area contributed by atoms with Crippen LogP contribution in [0.5, 0.6) is 11.6 Å². The molecule has 3 rings (SSSR count). The summed E-state index contributed by atoms with van der Waals surface area (Å²) in [5.41, 5.74) is 6.27. The molecule has 0 saturated heterocycles. The fourth-order valence-electron chi connectivity index (χ4n) is 1.95. The van der Waals surface area contributed by atoms with E-state index >= 15 is 0 Å². The number of nitrogens with two attached hydrogens (primary N) is 1. The maximum absolute atomic E-state index is 5.77. The molecule has 4 nitrogen and oxygen atoms in total. The average Bonchev–Trinajstić information content (AvgIpc) is 2.48. The molecule has 1 heterocycles. The predicted molar refractivity (Wildman–Crippen MR) is 81.6 cm³/mol. The van der Waals surface area contributed by atoms with Gasteiger partial charge in [0.2, 0.25) is 5.88 Å².